The highest BCUT2D eigenvalue weighted by molar-refractivity contribution is 7.15. The van der Waals surface area contributed by atoms with E-state index >= 15 is 0 Å². The standard InChI is InChI=1S/C8H11F3N4S/c1-14-2-4-15(5-3-14)7-13-12-6(16-7)8(9,10)11/h2-5H2,1H3. The van der Waals surface area contributed by atoms with Gasteiger partial charge in [-0.25, -0.2) is 0 Å². The van der Waals surface area contributed by atoms with Crippen LogP contribution in [-0.4, -0.2) is 48.3 Å². The van der Waals surface area contributed by atoms with Crippen molar-refractivity contribution in [2.75, 3.05) is 38.1 Å². The maximum absolute atomic E-state index is 12.3. The van der Waals surface area contributed by atoms with Crippen molar-refractivity contribution in [2.45, 2.75) is 6.18 Å². The van der Waals surface area contributed by atoms with Gasteiger partial charge < -0.3 is 9.80 Å². The van der Waals surface area contributed by atoms with E-state index in [4.69, 9.17) is 0 Å². The van der Waals surface area contributed by atoms with Gasteiger partial charge in [-0.2, -0.15) is 13.2 Å². The van der Waals surface area contributed by atoms with Gasteiger partial charge in [0.15, 0.2) is 0 Å². The maximum Gasteiger partial charge on any atom is 0.445 e. The van der Waals surface area contributed by atoms with Crippen molar-refractivity contribution in [2.24, 2.45) is 0 Å². The fraction of sp³-hybridized carbons (Fsp3) is 0.750. The first-order chi connectivity index (χ1) is 7.47. The second kappa shape index (κ2) is 4.17. The van der Waals surface area contributed by atoms with Gasteiger partial charge >= 0.3 is 6.18 Å². The van der Waals surface area contributed by atoms with Gasteiger partial charge in [-0.3, -0.25) is 0 Å². The number of hydrogen-bond acceptors (Lipinski definition) is 5. The van der Waals surface area contributed by atoms with Gasteiger partial charge in [0.1, 0.15) is 0 Å². The summed E-state index contributed by atoms with van der Waals surface area (Å²) in [6.45, 7) is 3.06. The van der Waals surface area contributed by atoms with Crippen molar-refractivity contribution >= 4 is 16.5 Å². The molecule has 0 aromatic carbocycles. The minimum Gasteiger partial charge on any atom is -0.344 e. The second-order valence-electron chi connectivity index (χ2n) is 3.68. The minimum absolute atomic E-state index is 0.362. The summed E-state index contributed by atoms with van der Waals surface area (Å²) < 4.78 is 36.9. The molecule has 4 nitrogen and oxygen atoms in total. The van der Waals surface area contributed by atoms with Crippen molar-refractivity contribution in [3.63, 3.8) is 0 Å². The van der Waals surface area contributed by atoms with Crippen molar-refractivity contribution in [3.8, 4) is 0 Å². The Morgan fingerprint density at radius 3 is 2.25 bits per heavy atom. The van der Waals surface area contributed by atoms with Crippen LogP contribution in [-0.2, 0) is 6.18 Å². The monoisotopic (exact) mass is 252 g/mol. The third-order valence-corrected chi connectivity index (χ3v) is 3.46. The van der Waals surface area contributed by atoms with Crippen LogP contribution in [0.15, 0.2) is 0 Å². The Morgan fingerprint density at radius 1 is 1.12 bits per heavy atom. The molecule has 8 heteroatoms. The number of likely N-dealkylation sites (N-methyl/N-ethyl adjacent to an activating group) is 1. The van der Waals surface area contributed by atoms with Crippen LogP contribution in [0.4, 0.5) is 18.3 Å². The molecule has 2 heterocycles. The van der Waals surface area contributed by atoms with E-state index in [9.17, 15) is 13.2 Å². The lowest BCUT2D eigenvalue weighted by Gasteiger charge is -2.31. The molecule has 1 aliphatic rings. The van der Waals surface area contributed by atoms with Gasteiger partial charge in [0.25, 0.3) is 0 Å². The molecule has 0 spiro atoms. The van der Waals surface area contributed by atoms with Crippen molar-refractivity contribution in [1.82, 2.24) is 15.1 Å². The Morgan fingerprint density at radius 2 is 1.75 bits per heavy atom. The summed E-state index contributed by atoms with van der Waals surface area (Å²) in [6, 6.07) is 0. The van der Waals surface area contributed by atoms with E-state index in [2.05, 4.69) is 15.1 Å². The third kappa shape index (κ3) is 2.43. The number of halogens is 3. The quantitative estimate of drug-likeness (QED) is 0.754. The zero-order valence-corrected chi connectivity index (χ0v) is 9.48. The lowest BCUT2D eigenvalue weighted by atomic mass is 10.3. The SMILES string of the molecule is CN1CCN(c2nnc(C(F)(F)F)s2)CC1. The average molecular weight is 252 g/mol. The first kappa shape index (κ1) is 11.6. The van der Waals surface area contributed by atoms with Gasteiger partial charge in [0, 0.05) is 26.2 Å². The Labute approximate surface area is 94.7 Å². The van der Waals surface area contributed by atoms with Crippen LogP contribution in [0.1, 0.15) is 5.01 Å². The van der Waals surface area contributed by atoms with E-state index in [1.54, 1.807) is 0 Å². The van der Waals surface area contributed by atoms with Crippen LogP contribution in [0.2, 0.25) is 0 Å². The van der Waals surface area contributed by atoms with E-state index in [0.717, 1.165) is 13.1 Å². The predicted molar refractivity (Wildman–Crippen MR) is 54.6 cm³/mol. The Balaban J connectivity index is 2.08. The first-order valence-electron chi connectivity index (χ1n) is 4.81. The molecule has 0 N–H and O–H groups in total. The van der Waals surface area contributed by atoms with Gasteiger partial charge in [0.05, 0.1) is 0 Å². The summed E-state index contributed by atoms with van der Waals surface area (Å²) >= 11 is 0.608. The zero-order valence-electron chi connectivity index (χ0n) is 8.66. The molecule has 0 radical (unpaired) electrons. The molecule has 1 aromatic rings. The van der Waals surface area contributed by atoms with Gasteiger partial charge in [-0.05, 0) is 7.05 Å². The van der Waals surface area contributed by atoms with E-state index in [0.29, 0.717) is 29.6 Å². The van der Waals surface area contributed by atoms with Crippen LogP contribution < -0.4 is 4.90 Å². The fourth-order valence-corrected chi connectivity index (χ4v) is 2.22. The Hall–Kier alpha value is -0.890. The van der Waals surface area contributed by atoms with E-state index in [1.165, 1.54) is 0 Å². The molecule has 0 aliphatic carbocycles. The molecule has 0 bridgehead atoms. The number of rotatable bonds is 1. The van der Waals surface area contributed by atoms with E-state index < -0.39 is 11.2 Å². The molecule has 2 rings (SSSR count). The molecule has 16 heavy (non-hydrogen) atoms. The average Bonchev–Trinajstić information content (AvgIpc) is 2.67. The molecule has 1 aliphatic heterocycles. The van der Waals surface area contributed by atoms with Crippen molar-refractivity contribution in [3.05, 3.63) is 5.01 Å². The number of piperazine rings is 1. The molecule has 1 aromatic heterocycles. The molecule has 1 fully saturated rings. The van der Waals surface area contributed by atoms with Crippen LogP contribution in [0.25, 0.3) is 0 Å². The van der Waals surface area contributed by atoms with Gasteiger partial charge in [-0.15, -0.1) is 10.2 Å². The number of alkyl halides is 3. The summed E-state index contributed by atoms with van der Waals surface area (Å²) in [5.41, 5.74) is 0. The maximum atomic E-state index is 12.3. The number of nitrogens with zero attached hydrogens (tertiary/aromatic N) is 4. The molecule has 0 atom stereocenters. The lowest BCUT2D eigenvalue weighted by molar-refractivity contribution is -0.138. The van der Waals surface area contributed by atoms with Crippen LogP contribution in [0.5, 0.6) is 0 Å². The van der Waals surface area contributed by atoms with Crippen molar-refractivity contribution < 1.29 is 13.2 Å². The highest BCUT2D eigenvalue weighted by Crippen LogP contribution is 2.34. The van der Waals surface area contributed by atoms with Crippen LogP contribution in [0.3, 0.4) is 0 Å². The molecule has 0 unspecified atom stereocenters. The summed E-state index contributed by atoms with van der Waals surface area (Å²) in [5, 5.41) is 6.25. The Kier molecular flexibility index (Phi) is 3.02. The molecular weight excluding hydrogens is 241 g/mol. The minimum atomic E-state index is -4.39. The molecule has 0 amide bonds. The molecular formula is C8H11F3N4S. The topological polar surface area (TPSA) is 32.3 Å². The highest BCUT2D eigenvalue weighted by atomic mass is 32.1. The van der Waals surface area contributed by atoms with E-state index in [1.807, 2.05) is 11.9 Å². The predicted octanol–water partition coefficient (Wildman–Crippen LogP) is 1.31. The zero-order chi connectivity index (χ0) is 11.8. The normalized spacial score (nSPS) is 19.1. The molecule has 0 saturated carbocycles. The summed E-state index contributed by atoms with van der Waals surface area (Å²) in [7, 11) is 1.98. The Bertz CT molecular complexity index is 356. The second-order valence-corrected chi connectivity index (χ2v) is 4.63. The van der Waals surface area contributed by atoms with Gasteiger partial charge in [0.2, 0.25) is 10.1 Å². The van der Waals surface area contributed by atoms with E-state index in [-0.39, 0.29) is 0 Å². The molecule has 1 saturated heterocycles. The first-order valence-corrected chi connectivity index (χ1v) is 5.62. The molecule has 90 valence electrons. The summed E-state index contributed by atoms with van der Waals surface area (Å²) in [5.74, 6) is 0. The number of hydrogen-bond donors (Lipinski definition) is 0. The largest absolute Gasteiger partial charge is 0.445 e. The summed E-state index contributed by atoms with van der Waals surface area (Å²) in [6.07, 6.45) is -4.39. The summed E-state index contributed by atoms with van der Waals surface area (Å²) in [4.78, 5) is 3.97. The highest BCUT2D eigenvalue weighted by Gasteiger charge is 2.36. The smallest absolute Gasteiger partial charge is 0.344 e. The lowest BCUT2D eigenvalue weighted by Crippen LogP contribution is -2.44. The van der Waals surface area contributed by atoms with Gasteiger partial charge in [-0.1, -0.05) is 11.3 Å². The van der Waals surface area contributed by atoms with Crippen LogP contribution in [0, 0.1) is 0 Å². The number of anilines is 1. The number of aromatic nitrogens is 2. The third-order valence-electron chi connectivity index (χ3n) is 2.43. The van der Waals surface area contributed by atoms with Crippen molar-refractivity contribution in [1.29, 1.82) is 0 Å². The fourth-order valence-electron chi connectivity index (χ4n) is 1.46. The van der Waals surface area contributed by atoms with Crippen LogP contribution >= 0.6 is 11.3 Å².